The van der Waals surface area contributed by atoms with E-state index in [9.17, 15) is 0 Å². The largest absolute Gasteiger partial charge is 0.312 e. The summed E-state index contributed by atoms with van der Waals surface area (Å²) in [6, 6.07) is 0.702. The predicted octanol–water partition coefficient (Wildman–Crippen LogP) is 1.36. The second-order valence-electron chi connectivity index (χ2n) is 4.59. The van der Waals surface area contributed by atoms with Gasteiger partial charge in [0.15, 0.2) is 0 Å². The Hall–Kier alpha value is 0.210. The Balaban J connectivity index is 0.000000845. The average molecular weight is 205 g/mol. The van der Waals surface area contributed by atoms with Crippen molar-refractivity contribution < 1.29 is 0 Å². The third-order valence-electron chi connectivity index (χ3n) is 3.22. The molecule has 2 nitrogen and oxygen atoms in total. The van der Waals surface area contributed by atoms with Crippen LogP contribution in [0.4, 0.5) is 0 Å². The van der Waals surface area contributed by atoms with Crippen LogP contribution < -0.4 is 5.32 Å². The van der Waals surface area contributed by atoms with Gasteiger partial charge in [0.25, 0.3) is 0 Å². The Morgan fingerprint density at radius 3 is 2.62 bits per heavy atom. The monoisotopic (exact) mass is 204 g/mol. The molecule has 1 N–H and O–H groups in total. The van der Waals surface area contributed by atoms with E-state index in [0.29, 0.717) is 6.04 Å². The van der Waals surface area contributed by atoms with E-state index >= 15 is 0 Å². The highest BCUT2D eigenvalue weighted by atomic mass is 35.5. The van der Waals surface area contributed by atoms with E-state index in [1.165, 1.54) is 32.6 Å². The van der Waals surface area contributed by atoms with Crippen molar-refractivity contribution in [1.29, 1.82) is 0 Å². The van der Waals surface area contributed by atoms with Crippen LogP contribution in [-0.4, -0.2) is 37.1 Å². The molecule has 1 saturated heterocycles. The zero-order valence-electron chi connectivity index (χ0n) is 8.62. The van der Waals surface area contributed by atoms with Crippen molar-refractivity contribution in [2.45, 2.75) is 26.3 Å². The van der Waals surface area contributed by atoms with Crippen molar-refractivity contribution in [2.24, 2.45) is 11.8 Å². The van der Waals surface area contributed by atoms with Crippen LogP contribution in [0.1, 0.15) is 20.3 Å². The molecule has 0 amide bonds. The molecule has 0 bridgehead atoms. The lowest BCUT2D eigenvalue weighted by Gasteiger charge is -2.31. The first kappa shape index (κ1) is 11.3. The van der Waals surface area contributed by atoms with Crippen LogP contribution in [0.2, 0.25) is 0 Å². The summed E-state index contributed by atoms with van der Waals surface area (Å²) in [5.41, 5.74) is 0. The molecule has 3 heteroatoms. The third kappa shape index (κ3) is 3.12. The Morgan fingerprint density at radius 2 is 2.08 bits per heavy atom. The topological polar surface area (TPSA) is 15.3 Å². The zero-order chi connectivity index (χ0) is 8.55. The summed E-state index contributed by atoms with van der Waals surface area (Å²) >= 11 is 0. The van der Waals surface area contributed by atoms with Crippen molar-refractivity contribution in [1.82, 2.24) is 10.2 Å². The fourth-order valence-corrected chi connectivity index (χ4v) is 2.16. The molecule has 13 heavy (non-hydrogen) atoms. The highest BCUT2D eigenvalue weighted by Crippen LogP contribution is 2.38. The maximum atomic E-state index is 3.48. The van der Waals surface area contributed by atoms with Crippen molar-refractivity contribution in [2.75, 3.05) is 26.2 Å². The first-order chi connectivity index (χ1) is 5.75. The highest BCUT2D eigenvalue weighted by Gasteiger charge is 2.34. The van der Waals surface area contributed by atoms with E-state index in [-0.39, 0.29) is 12.4 Å². The molecule has 3 atom stereocenters. The molecule has 1 aliphatic carbocycles. The van der Waals surface area contributed by atoms with Crippen molar-refractivity contribution in [3.8, 4) is 0 Å². The van der Waals surface area contributed by atoms with Gasteiger partial charge in [0.1, 0.15) is 0 Å². The summed E-state index contributed by atoms with van der Waals surface area (Å²) in [4.78, 5) is 2.62. The lowest BCUT2D eigenvalue weighted by molar-refractivity contribution is 0.197. The van der Waals surface area contributed by atoms with E-state index in [0.717, 1.165) is 11.8 Å². The summed E-state index contributed by atoms with van der Waals surface area (Å²) < 4.78 is 0. The summed E-state index contributed by atoms with van der Waals surface area (Å²) in [5, 5.41) is 3.48. The molecule has 2 rings (SSSR count). The average Bonchev–Trinajstić information content (AvgIpc) is 2.66. The summed E-state index contributed by atoms with van der Waals surface area (Å²) in [6.45, 7) is 9.70. The van der Waals surface area contributed by atoms with Gasteiger partial charge in [-0.25, -0.2) is 0 Å². The fourth-order valence-electron chi connectivity index (χ4n) is 2.16. The number of rotatable bonds is 2. The van der Waals surface area contributed by atoms with Crippen LogP contribution in [0.15, 0.2) is 0 Å². The second-order valence-corrected chi connectivity index (χ2v) is 4.59. The minimum atomic E-state index is 0. The second kappa shape index (κ2) is 4.63. The minimum Gasteiger partial charge on any atom is -0.312 e. The van der Waals surface area contributed by atoms with Crippen molar-refractivity contribution in [3.05, 3.63) is 0 Å². The van der Waals surface area contributed by atoms with Gasteiger partial charge in [-0.15, -0.1) is 12.4 Å². The van der Waals surface area contributed by atoms with Crippen LogP contribution in [0, 0.1) is 11.8 Å². The highest BCUT2D eigenvalue weighted by molar-refractivity contribution is 5.85. The van der Waals surface area contributed by atoms with Gasteiger partial charge in [-0.2, -0.15) is 0 Å². The lowest BCUT2D eigenvalue weighted by Crippen LogP contribution is -2.49. The summed E-state index contributed by atoms with van der Waals surface area (Å²) in [6.07, 6.45) is 1.47. The molecular formula is C10H21ClN2. The van der Waals surface area contributed by atoms with Gasteiger partial charge >= 0.3 is 0 Å². The van der Waals surface area contributed by atoms with Gasteiger partial charge in [-0.05, 0) is 25.2 Å². The molecule has 78 valence electrons. The van der Waals surface area contributed by atoms with E-state index in [4.69, 9.17) is 0 Å². The van der Waals surface area contributed by atoms with Crippen molar-refractivity contribution >= 4 is 12.4 Å². The van der Waals surface area contributed by atoms with Crippen LogP contribution in [-0.2, 0) is 0 Å². The zero-order valence-corrected chi connectivity index (χ0v) is 9.44. The Morgan fingerprint density at radius 1 is 1.38 bits per heavy atom. The summed E-state index contributed by atoms with van der Waals surface area (Å²) in [5.74, 6) is 2.03. The molecule has 0 aromatic carbocycles. The van der Waals surface area contributed by atoms with Crippen LogP contribution in [0.5, 0.6) is 0 Å². The quantitative estimate of drug-likeness (QED) is 0.731. The van der Waals surface area contributed by atoms with Crippen LogP contribution in [0.3, 0.4) is 0 Å². The Labute approximate surface area is 87.5 Å². The van der Waals surface area contributed by atoms with Gasteiger partial charge < -0.3 is 10.2 Å². The molecular weight excluding hydrogens is 184 g/mol. The number of hydrogen-bond acceptors (Lipinski definition) is 2. The molecule has 2 fully saturated rings. The molecule has 1 heterocycles. The van der Waals surface area contributed by atoms with Gasteiger partial charge in [-0.1, -0.05) is 6.92 Å². The van der Waals surface area contributed by atoms with E-state index in [1.807, 2.05) is 0 Å². The Bertz CT molecular complexity index is 163. The first-order valence-corrected chi connectivity index (χ1v) is 5.21. The molecule has 0 radical (unpaired) electrons. The van der Waals surface area contributed by atoms with Gasteiger partial charge in [-0.3, -0.25) is 0 Å². The van der Waals surface area contributed by atoms with Crippen molar-refractivity contribution in [3.63, 3.8) is 0 Å². The number of nitrogens with one attached hydrogen (secondary N) is 1. The smallest absolute Gasteiger partial charge is 0.0167 e. The molecule has 0 spiro atoms. The standard InChI is InChI=1S/C10H20N2.ClH/c1-8-5-10(8)7-12-4-3-11-9(2)6-12;/h8-11H,3-7H2,1-2H3;1H/t8?,9-,10?;/m1./s1. The SMILES string of the molecule is CC1CC1CN1CCN[C@H](C)C1.Cl. The number of hydrogen-bond donors (Lipinski definition) is 1. The van der Waals surface area contributed by atoms with E-state index in [1.54, 1.807) is 0 Å². The molecule has 1 saturated carbocycles. The van der Waals surface area contributed by atoms with Gasteiger partial charge in [0, 0.05) is 32.2 Å². The van der Waals surface area contributed by atoms with E-state index in [2.05, 4.69) is 24.1 Å². The van der Waals surface area contributed by atoms with Gasteiger partial charge in [0.2, 0.25) is 0 Å². The normalized spacial score (nSPS) is 39.7. The maximum Gasteiger partial charge on any atom is 0.0167 e. The third-order valence-corrected chi connectivity index (χ3v) is 3.22. The molecule has 0 aromatic heterocycles. The van der Waals surface area contributed by atoms with Crippen LogP contribution >= 0.6 is 12.4 Å². The maximum absolute atomic E-state index is 3.48. The molecule has 1 aliphatic heterocycles. The number of nitrogens with zero attached hydrogens (tertiary/aromatic N) is 1. The molecule has 2 aliphatic rings. The lowest BCUT2D eigenvalue weighted by atomic mass is 10.2. The molecule has 2 unspecified atom stereocenters. The number of piperazine rings is 1. The van der Waals surface area contributed by atoms with E-state index < -0.39 is 0 Å². The van der Waals surface area contributed by atoms with Gasteiger partial charge in [0.05, 0.1) is 0 Å². The van der Waals surface area contributed by atoms with Crippen LogP contribution in [0.25, 0.3) is 0 Å². The first-order valence-electron chi connectivity index (χ1n) is 5.21. The fraction of sp³-hybridized carbons (Fsp3) is 1.00. The minimum absolute atomic E-state index is 0. The predicted molar refractivity (Wildman–Crippen MR) is 58.4 cm³/mol. The Kier molecular flexibility index (Phi) is 4.02. The summed E-state index contributed by atoms with van der Waals surface area (Å²) in [7, 11) is 0. The molecule has 0 aromatic rings. The number of halogens is 1.